The van der Waals surface area contributed by atoms with Crippen molar-refractivity contribution in [2.45, 2.75) is 68.7 Å². The van der Waals surface area contributed by atoms with Crippen LogP contribution >= 0.6 is 0 Å². The first-order valence-electron chi connectivity index (χ1n) is 12.5. The van der Waals surface area contributed by atoms with Gasteiger partial charge in [0.05, 0.1) is 11.0 Å². The number of hydrogen-bond acceptors (Lipinski definition) is 5. The van der Waals surface area contributed by atoms with Crippen molar-refractivity contribution in [2.24, 2.45) is 0 Å². The van der Waals surface area contributed by atoms with Gasteiger partial charge < -0.3 is 24.7 Å². The van der Waals surface area contributed by atoms with Gasteiger partial charge in [0.1, 0.15) is 6.10 Å². The minimum Gasteiger partial charge on any atom is -0.504 e. The molecule has 182 valence electrons. The zero-order chi connectivity index (χ0) is 24.7. The van der Waals surface area contributed by atoms with Gasteiger partial charge in [-0.15, -0.1) is 0 Å². The van der Waals surface area contributed by atoms with Crippen molar-refractivity contribution in [1.82, 2.24) is 9.80 Å². The van der Waals surface area contributed by atoms with E-state index in [1.807, 2.05) is 31.2 Å². The number of aryl methyl sites for hydroxylation is 2. The number of carbonyl (C=O) groups is 1. The SMILES string of the molecule is Cc1ccc(C#CC(=O)N(C)[C@@H]2C[C@@H]3Oc4c(O)ccc5c4[C@@]34CCN(C)[C@H](C5)[C@]4(O)C2)cc1C. The lowest BCUT2D eigenvalue weighted by atomic mass is 9.48. The number of aliphatic hydroxyl groups is 1. The van der Waals surface area contributed by atoms with E-state index >= 15 is 0 Å². The third kappa shape index (κ3) is 2.95. The van der Waals surface area contributed by atoms with Gasteiger partial charge in [-0.2, -0.15) is 0 Å². The summed E-state index contributed by atoms with van der Waals surface area (Å²) in [5.41, 5.74) is 3.69. The fourth-order valence-corrected chi connectivity index (χ4v) is 7.25. The molecule has 2 aliphatic carbocycles. The maximum Gasteiger partial charge on any atom is 0.298 e. The van der Waals surface area contributed by atoms with Crippen LogP contribution in [0.1, 0.15) is 47.1 Å². The van der Waals surface area contributed by atoms with Gasteiger partial charge in [-0.1, -0.05) is 18.1 Å². The zero-order valence-corrected chi connectivity index (χ0v) is 20.8. The number of aromatic hydroxyl groups is 1. The van der Waals surface area contributed by atoms with Crippen molar-refractivity contribution >= 4 is 5.91 Å². The summed E-state index contributed by atoms with van der Waals surface area (Å²) in [5.74, 6) is 6.22. The highest BCUT2D eigenvalue weighted by Crippen LogP contribution is 2.65. The molecule has 0 unspecified atom stereocenters. The Bertz CT molecular complexity index is 1310. The molecular formula is C29H32N2O4. The van der Waals surface area contributed by atoms with Crippen molar-refractivity contribution in [3.8, 4) is 23.3 Å². The molecule has 2 bridgehead atoms. The third-order valence-corrected chi connectivity index (χ3v) is 9.33. The highest BCUT2D eigenvalue weighted by atomic mass is 16.5. The van der Waals surface area contributed by atoms with Crippen LogP contribution in [0.25, 0.3) is 0 Å². The van der Waals surface area contributed by atoms with E-state index in [9.17, 15) is 15.0 Å². The lowest BCUT2D eigenvalue weighted by Crippen LogP contribution is -2.77. The lowest BCUT2D eigenvalue weighted by molar-refractivity contribution is -0.194. The molecule has 1 spiro atoms. The van der Waals surface area contributed by atoms with Crippen LogP contribution in [-0.4, -0.2) is 70.3 Å². The second-order valence-corrected chi connectivity index (χ2v) is 11.0. The fraction of sp³-hybridized carbons (Fsp3) is 0.483. The standard InChI is InChI=1S/C29H32N2O4/c1-17-5-6-19(13-18(17)2)7-10-25(33)31(4)21-15-24-28-11-12-30(3)23(29(28,34)16-21)14-20-8-9-22(32)27(35-24)26(20)28/h5-6,8-9,13,21,23-24,32,34H,11-12,14-16H2,1-4H3/t21-,23-,24+,28-,29-/m1/s1. The molecule has 6 rings (SSSR count). The van der Waals surface area contributed by atoms with Crippen LogP contribution in [0.15, 0.2) is 30.3 Å². The average Bonchev–Trinajstić information content (AvgIpc) is 3.17. The maximum absolute atomic E-state index is 13.1. The predicted molar refractivity (Wildman–Crippen MR) is 132 cm³/mol. The molecule has 6 heteroatoms. The Kier molecular flexibility index (Phi) is 4.81. The fourth-order valence-electron chi connectivity index (χ4n) is 7.25. The molecule has 2 fully saturated rings. The van der Waals surface area contributed by atoms with E-state index in [2.05, 4.69) is 30.7 Å². The Hall–Kier alpha value is -3.01. The van der Waals surface area contributed by atoms with Gasteiger partial charge in [-0.25, -0.2) is 0 Å². The molecule has 35 heavy (non-hydrogen) atoms. The van der Waals surface area contributed by atoms with E-state index < -0.39 is 11.0 Å². The molecule has 5 atom stereocenters. The van der Waals surface area contributed by atoms with E-state index in [-0.39, 0.29) is 29.8 Å². The quantitative estimate of drug-likeness (QED) is 0.625. The Morgan fingerprint density at radius 1 is 1.23 bits per heavy atom. The largest absolute Gasteiger partial charge is 0.504 e. The van der Waals surface area contributed by atoms with Gasteiger partial charge in [0.15, 0.2) is 11.5 Å². The number of piperidine rings is 1. The van der Waals surface area contributed by atoms with E-state index in [1.165, 1.54) is 5.56 Å². The topological polar surface area (TPSA) is 73.2 Å². The maximum atomic E-state index is 13.1. The number of phenolic OH excluding ortho intramolecular Hbond substituents is 1. The second-order valence-electron chi connectivity index (χ2n) is 11.0. The van der Waals surface area contributed by atoms with Crippen molar-refractivity contribution in [2.75, 3.05) is 20.6 Å². The monoisotopic (exact) mass is 472 g/mol. The van der Waals surface area contributed by atoms with E-state index in [0.717, 1.165) is 35.2 Å². The minimum absolute atomic E-state index is 0.0711. The molecular weight excluding hydrogens is 440 g/mol. The first-order valence-corrected chi connectivity index (χ1v) is 12.5. The minimum atomic E-state index is -1.06. The molecule has 4 aliphatic rings. The predicted octanol–water partition coefficient (Wildman–Crippen LogP) is 2.67. The van der Waals surface area contributed by atoms with Gasteiger partial charge in [0, 0.05) is 42.6 Å². The number of amides is 1. The lowest BCUT2D eigenvalue weighted by Gasteiger charge is -2.64. The van der Waals surface area contributed by atoms with Crippen molar-refractivity contribution in [3.05, 3.63) is 58.1 Å². The molecule has 2 aliphatic heterocycles. The van der Waals surface area contributed by atoms with Crippen LogP contribution in [0.4, 0.5) is 0 Å². The average molecular weight is 473 g/mol. The highest BCUT2D eigenvalue weighted by molar-refractivity contribution is 5.94. The first kappa shape index (κ1) is 22.5. The van der Waals surface area contributed by atoms with Gasteiger partial charge in [0.25, 0.3) is 5.91 Å². The third-order valence-electron chi connectivity index (χ3n) is 9.33. The van der Waals surface area contributed by atoms with Crippen LogP contribution in [0.3, 0.4) is 0 Å². The number of ether oxygens (including phenoxy) is 1. The number of nitrogens with zero attached hydrogens (tertiary/aromatic N) is 2. The Morgan fingerprint density at radius 3 is 2.80 bits per heavy atom. The summed E-state index contributed by atoms with van der Waals surface area (Å²) in [6, 6.07) is 9.35. The molecule has 2 aromatic carbocycles. The van der Waals surface area contributed by atoms with Crippen LogP contribution in [-0.2, 0) is 16.6 Å². The van der Waals surface area contributed by atoms with Crippen LogP contribution in [0.5, 0.6) is 11.5 Å². The van der Waals surface area contributed by atoms with E-state index in [1.54, 1.807) is 18.0 Å². The molecule has 2 aromatic rings. The summed E-state index contributed by atoms with van der Waals surface area (Å²) in [6.45, 7) is 4.95. The van der Waals surface area contributed by atoms with Gasteiger partial charge in [-0.05, 0) is 81.6 Å². The van der Waals surface area contributed by atoms with Gasteiger partial charge in [-0.3, -0.25) is 4.79 Å². The zero-order valence-electron chi connectivity index (χ0n) is 20.8. The molecule has 0 radical (unpaired) electrons. The normalized spacial score (nSPS) is 32.2. The summed E-state index contributed by atoms with van der Waals surface area (Å²) >= 11 is 0. The van der Waals surface area contributed by atoms with E-state index in [0.29, 0.717) is 25.0 Å². The molecule has 2 heterocycles. The molecule has 2 N–H and O–H groups in total. The Labute approximate surface area is 206 Å². The molecule has 6 nitrogen and oxygen atoms in total. The van der Waals surface area contributed by atoms with Crippen LogP contribution in [0.2, 0.25) is 0 Å². The number of rotatable bonds is 1. The second kappa shape index (κ2) is 7.49. The van der Waals surface area contributed by atoms with Crippen molar-refractivity contribution in [3.63, 3.8) is 0 Å². The Morgan fingerprint density at radius 2 is 2.03 bits per heavy atom. The first-order chi connectivity index (χ1) is 16.7. The Balaban J connectivity index is 1.34. The molecule has 1 amide bonds. The van der Waals surface area contributed by atoms with Crippen molar-refractivity contribution in [1.29, 1.82) is 0 Å². The van der Waals surface area contributed by atoms with Crippen LogP contribution < -0.4 is 4.74 Å². The highest BCUT2D eigenvalue weighted by Gasteiger charge is 2.72. The molecule has 1 saturated carbocycles. The number of likely N-dealkylation sites (tertiary alicyclic amines) is 1. The van der Waals surface area contributed by atoms with Crippen molar-refractivity contribution < 1.29 is 19.7 Å². The summed E-state index contributed by atoms with van der Waals surface area (Å²) < 4.78 is 6.42. The summed E-state index contributed by atoms with van der Waals surface area (Å²) in [7, 11) is 3.84. The number of benzene rings is 2. The molecule has 0 aromatic heterocycles. The van der Waals surface area contributed by atoms with Gasteiger partial charge >= 0.3 is 0 Å². The summed E-state index contributed by atoms with van der Waals surface area (Å²) in [4.78, 5) is 17.1. The van der Waals surface area contributed by atoms with E-state index in [4.69, 9.17) is 4.74 Å². The number of phenols is 1. The number of hydrogen-bond donors (Lipinski definition) is 2. The smallest absolute Gasteiger partial charge is 0.298 e. The number of likely N-dealkylation sites (N-methyl/N-ethyl adjacent to an activating group) is 1. The molecule has 1 saturated heterocycles. The summed E-state index contributed by atoms with van der Waals surface area (Å²) in [6.07, 6.45) is 2.23. The summed E-state index contributed by atoms with van der Waals surface area (Å²) in [5, 5.41) is 23.1. The number of carbonyl (C=O) groups excluding carboxylic acids is 1. The van der Waals surface area contributed by atoms with Gasteiger partial charge in [0.2, 0.25) is 0 Å². The van der Waals surface area contributed by atoms with Crippen LogP contribution in [0, 0.1) is 25.7 Å².